The Balaban J connectivity index is 4.22. The van der Waals surface area contributed by atoms with Gasteiger partial charge < -0.3 is 5.11 Å². The van der Waals surface area contributed by atoms with Crippen LogP contribution in [0.2, 0.25) is 0 Å². The molecule has 0 heterocycles. The van der Waals surface area contributed by atoms with Gasteiger partial charge in [-0.15, -0.1) is 0 Å². The molecule has 0 rings (SSSR count). The first-order valence-corrected chi connectivity index (χ1v) is 3.51. The summed E-state index contributed by atoms with van der Waals surface area (Å²) in [5, 5.41) is 8.43. The van der Waals surface area contributed by atoms with Crippen LogP contribution in [0, 0.1) is 0 Å². The Morgan fingerprint density at radius 1 is 1.55 bits per heavy atom. The zero-order valence-corrected chi connectivity index (χ0v) is 7.09. The van der Waals surface area contributed by atoms with Gasteiger partial charge in [-0.25, -0.2) is 4.79 Å². The van der Waals surface area contributed by atoms with Gasteiger partial charge in [-0.05, 0) is 20.3 Å². The molecular weight excluding hydrogens is 142 g/mol. The van der Waals surface area contributed by atoms with Crippen molar-refractivity contribution in [3.63, 3.8) is 0 Å². The van der Waals surface area contributed by atoms with Crippen molar-refractivity contribution in [3.05, 3.63) is 11.8 Å². The number of carboxylic acid groups (broad SMARTS) is 1. The van der Waals surface area contributed by atoms with Crippen molar-refractivity contribution in [1.82, 2.24) is 0 Å². The molecule has 0 bridgehead atoms. The number of nitrogens with zero attached hydrogens (tertiary/aromatic N) is 1. The topological polar surface area (TPSA) is 49.7 Å². The molecular formula is C8H13NO2. The van der Waals surface area contributed by atoms with Crippen LogP contribution in [-0.4, -0.2) is 16.8 Å². The van der Waals surface area contributed by atoms with E-state index in [-0.39, 0.29) is 5.57 Å². The van der Waals surface area contributed by atoms with Gasteiger partial charge in [0.2, 0.25) is 0 Å². The number of aliphatic imine (C=N–C) groups is 1. The van der Waals surface area contributed by atoms with Gasteiger partial charge in [-0.1, -0.05) is 6.92 Å². The number of hydrogen-bond acceptors (Lipinski definition) is 2. The van der Waals surface area contributed by atoms with Gasteiger partial charge in [-0.3, -0.25) is 4.99 Å². The first-order chi connectivity index (χ1) is 5.07. The van der Waals surface area contributed by atoms with Crippen LogP contribution in [0.1, 0.15) is 27.2 Å². The van der Waals surface area contributed by atoms with Gasteiger partial charge in [0.05, 0.1) is 5.57 Å². The number of rotatable bonds is 3. The molecule has 0 amide bonds. The van der Waals surface area contributed by atoms with E-state index in [2.05, 4.69) is 4.99 Å². The molecule has 0 saturated carbocycles. The van der Waals surface area contributed by atoms with Crippen molar-refractivity contribution in [2.24, 2.45) is 4.99 Å². The molecule has 0 fully saturated rings. The van der Waals surface area contributed by atoms with E-state index in [4.69, 9.17) is 5.11 Å². The van der Waals surface area contributed by atoms with E-state index in [1.807, 2.05) is 13.8 Å². The van der Waals surface area contributed by atoms with Gasteiger partial charge in [0.25, 0.3) is 0 Å². The number of carboxylic acids is 1. The fourth-order valence-electron chi connectivity index (χ4n) is 0.354. The van der Waals surface area contributed by atoms with Crippen LogP contribution in [-0.2, 0) is 4.79 Å². The molecule has 0 radical (unpaired) electrons. The molecule has 0 aliphatic rings. The van der Waals surface area contributed by atoms with Crippen LogP contribution in [0.4, 0.5) is 0 Å². The zero-order valence-electron chi connectivity index (χ0n) is 7.09. The Labute approximate surface area is 66.5 Å². The molecule has 62 valence electrons. The van der Waals surface area contributed by atoms with Crippen molar-refractivity contribution in [3.8, 4) is 0 Å². The minimum absolute atomic E-state index is 0.262. The van der Waals surface area contributed by atoms with Crippen LogP contribution in [0.15, 0.2) is 16.8 Å². The average molecular weight is 155 g/mol. The molecule has 0 aromatic carbocycles. The van der Waals surface area contributed by atoms with Crippen molar-refractivity contribution in [2.45, 2.75) is 27.2 Å². The van der Waals surface area contributed by atoms with Crippen molar-refractivity contribution in [2.75, 3.05) is 0 Å². The lowest BCUT2D eigenvalue weighted by molar-refractivity contribution is -0.132. The van der Waals surface area contributed by atoms with Crippen LogP contribution in [0.25, 0.3) is 0 Å². The third-order valence-corrected chi connectivity index (χ3v) is 1.33. The largest absolute Gasteiger partial charge is 0.478 e. The summed E-state index contributed by atoms with van der Waals surface area (Å²) in [5.41, 5.74) is 1.20. The van der Waals surface area contributed by atoms with Crippen molar-refractivity contribution >= 4 is 11.7 Å². The lowest BCUT2D eigenvalue weighted by Gasteiger charge is -1.91. The summed E-state index contributed by atoms with van der Waals surface area (Å²) in [5.74, 6) is -0.919. The quantitative estimate of drug-likeness (QED) is 0.499. The highest BCUT2D eigenvalue weighted by molar-refractivity contribution is 5.87. The third kappa shape index (κ3) is 4.31. The second kappa shape index (κ2) is 4.66. The minimum atomic E-state index is -0.919. The highest BCUT2D eigenvalue weighted by Crippen LogP contribution is 1.94. The summed E-state index contributed by atoms with van der Waals surface area (Å²) < 4.78 is 0. The molecule has 0 aliphatic heterocycles. The lowest BCUT2D eigenvalue weighted by atomic mass is 10.3. The summed E-state index contributed by atoms with van der Waals surface area (Å²) in [6.45, 7) is 5.36. The van der Waals surface area contributed by atoms with Crippen molar-refractivity contribution < 1.29 is 9.90 Å². The Bertz CT molecular complexity index is 204. The van der Waals surface area contributed by atoms with E-state index >= 15 is 0 Å². The SMILES string of the molecule is CCC(C)=NC=C(C)C(=O)O. The summed E-state index contributed by atoms with van der Waals surface area (Å²) in [4.78, 5) is 14.2. The van der Waals surface area contributed by atoms with Crippen LogP contribution >= 0.6 is 0 Å². The maximum Gasteiger partial charge on any atom is 0.332 e. The first kappa shape index (κ1) is 9.88. The monoisotopic (exact) mass is 155 g/mol. The van der Waals surface area contributed by atoms with Gasteiger partial charge in [0, 0.05) is 11.9 Å². The predicted molar refractivity (Wildman–Crippen MR) is 44.8 cm³/mol. The first-order valence-electron chi connectivity index (χ1n) is 3.51. The highest BCUT2D eigenvalue weighted by Gasteiger charge is 1.96. The second-order valence-electron chi connectivity index (χ2n) is 2.34. The fraction of sp³-hybridized carbons (Fsp3) is 0.500. The standard InChI is InChI=1S/C8H13NO2/c1-4-7(3)9-5-6(2)8(10)11/h5H,4H2,1-3H3,(H,10,11). The zero-order chi connectivity index (χ0) is 8.85. The molecule has 0 spiro atoms. The van der Waals surface area contributed by atoms with Gasteiger partial charge in [0.1, 0.15) is 0 Å². The molecule has 0 aliphatic carbocycles. The molecule has 1 N–H and O–H groups in total. The summed E-state index contributed by atoms with van der Waals surface area (Å²) in [7, 11) is 0. The highest BCUT2D eigenvalue weighted by atomic mass is 16.4. The molecule has 0 unspecified atom stereocenters. The smallest absolute Gasteiger partial charge is 0.332 e. The summed E-state index contributed by atoms with van der Waals surface area (Å²) in [6, 6.07) is 0. The Morgan fingerprint density at radius 2 is 2.09 bits per heavy atom. The fourth-order valence-corrected chi connectivity index (χ4v) is 0.354. The normalized spacial score (nSPS) is 13.4. The third-order valence-electron chi connectivity index (χ3n) is 1.33. The van der Waals surface area contributed by atoms with E-state index in [1.54, 1.807) is 0 Å². The molecule has 11 heavy (non-hydrogen) atoms. The maximum atomic E-state index is 10.3. The summed E-state index contributed by atoms with van der Waals surface area (Å²) in [6.07, 6.45) is 2.23. The second-order valence-corrected chi connectivity index (χ2v) is 2.34. The maximum absolute atomic E-state index is 10.3. The van der Waals surface area contributed by atoms with Gasteiger partial charge >= 0.3 is 5.97 Å². The van der Waals surface area contributed by atoms with E-state index < -0.39 is 5.97 Å². The predicted octanol–water partition coefficient (Wildman–Crippen LogP) is 1.85. The lowest BCUT2D eigenvalue weighted by Crippen LogP contribution is -1.95. The molecule has 0 aromatic rings. The molecule has 0 atom stereocenters. The number of carbonyl (C=O) groups is 1. The molecule has 3 nitrogen and oxygen atoms in total. The van der Waals surface area contributed by atoms with Gasteiger partial charge in [-0.2, -0.15) is 0 Å². The average Bonchev–Trinajstić information content (AvgIpc) is 1.99. The Hall–Kier alpha value is -1.12. The van der Waals surface area contributed by atoms with Crippen molar-refractivity contribution in [1.29, 1.82) is 0 Å². The van der Waals surface area contributed by atoms with E-state index in [1.165, 1.54) is 13.1 Å². The Morgan fingerprint density at radius 3 is 2.45 bits per heavy atom. The molecule has 0 aromatic heterocycles. The molecule has 3 heteroatoms. The van der Waals surface area contributed by atoms with E-state index in [9.17, 15) is 4.79 Å². The minimum Gasteiger partial charge on any atom is -0.478 e. The number of hydrogen-bond donors (Lipinski definition) is 1. The molecule has 0 saturated heterocycles. The van der Waals surface area contributed by atoms with E-state index in [0.29, 0.717) is 0 Å². The van der Waals surface area contributed by atoms with Crippen LogP contribution in [0.5, 0.6) is 0 Å². The Kier molecular flexibility index (Phi) is 4.18. The van der Waals surface area contributed by atoms with Crippen LogP contribution in [0.3, 0.4) is 0 Å². The summed E-state index contributed by atoms with van der Waals surface area (Å²) >= 11 is 0. The van der Waals surface area contributed by atoms with Crippen LogP contribution < -0.4 is 0 Å². The van der Waals surface area contributed by atoms with E-state index in [0.717, 1.165) is 12.1 Å². The number of aliphatic carboxylic acids is 1. The van der Waals surface area contributed by atoms with Gasteiger partial charge in [0.15, 0.2) is 0 Å².